The molecule has 0 aliphatic heterocycles. The van der Waals surface area contributed by atoms with Gasteiger partial charge in [0, 0.05) is 12.8 Å². The van der Waals surface area contributed by atoms with Crippen molar-refractivity contribution in [3.63, 3.8) is 0 Å². The first-order chi connectivity index (χ1) is 13.1. The summed E-state index contributed by atoms with van der Waals surface area (Å²) >= 11 is 0. The van der Waals surface area contributed by atoms with Crippen molar-refractivity contribution < 1.29 is 19.8 Å². The minimum Gasteiger partial charge on any atom is -0.481 e. The maximum atomic E-state index is 10.3. The Labute approximate surface area is 164 Å². The third-order valence-electron chi connectivity index (χ3n) is 5.07. The quantitative estimate of drug-likeness (QED) is 0.317. The van der Waals surface area contributed by atoms with Crippen molar-refractivity contribution in [2.75, 3.05) is 0 Å². The number of unbranched alkanes of at least 4 members (excludes halogenated alkanes) is 2. The number of carboxylic acid groups (broad SMARTS) is 2. The molecule has 0 aromatic carbocycles. The van der Waals surface area contributed by atoms with Crippen LogP contribution in [0.15, 0.2) is 36.5 Å². The van der Waals surface area contributed by atoms with Gasteiger partial charge < -0.3 is 10.2 Å². The third kappa shape index (κ3) is 14.0. The summed E-state index contributed by atoms with van der Waals surface area (Å²) in [5.74, 6) is 0.106. The van der Waals surface area contributed by atoms with E-state index in [4.69, 9.17) is 10.2 Å². The number of carbonyl (C=O) groups is 2. The zero-order valence-corrected chi connectivity index (χ0v) is 16.5. The molecule has 152 valence electrons. The zero-order chi connectivity index (χ0) is 19.7. The molecule has 0 aromatic heterocycles. The highest BCUT2D eigenvalue weighted by molar-refractivity contribution is 5.66. The van der Waals surface area contributed by atoms with E-state index in [1.165, 1.54) is 32.1 Å². The highest BCUT2D eigenvalue weighted by Crippen LogP contribution is 2.22. The van der Waals surface area contributed by atoms with Gasteiger partial charge in [-0.3, -0.25) is 9.59 Å². The average molecular weight is 377 g/mol. The highest BCUT2D eigenvalue weighted by Gasteiger charge is 2.09. The summed E-state index contributed by atoms with van der Waals surface area (Å²) in [6, 6.07) is 0. The Morgan fingerprint density at radius 2 is 1.33 bits per heavy atom. The van der Waals surface area contributed by atoms with E-state index in [1.54, 1.807) is 0 Å². The van der Waals surface area contributed by atoms with E-state index in [0.29, 0.717) is 18.8 Å². The van der Waals surface area contributed by atoms with Crippen molar-refractivity contribution in [3.8, 4) is 0 Å². The minimum atomic E-state index is -0.683. The molecule has 0 bridgehead atoms. The Morgan fingerprint density at radius 1 is 0.778 bits per heavy atom. The monoisotopic (exact) mass is 376 g/mol. The maximum absolute atomic E-state index is 10.3. The van der Waals surface area contributed by atoms with Crippen LogP contribution in [-0.4, -0.2) is 22.2 Å². The Balaban J connectivity index is 0.000000289. The zero-order valence-electron chi connectivity index (χ0n) is 16.5. The van der Waals surface area contributed by atoms with Crippen LogP contribution in [0.2, 0.25) is 0 Å². The van der Waals surface area contributed by atoms with E-state index in [1.807, 2.05) is 0 Å². The van der Waals surface area contributed by atoms with Gasteiger partial charge in [0.25, 0.3) is 0 Å². The van der Waals surface area contributed by atoms with Crippen molar-refractivity contribution in [1.82, 2.24) is 0 Å². The lowest BCUT2D eigenvalue weighted by Crippen LogP contribution is -1.97. The fraction of sp³-hybridized carbons (Fsp3) is 0.652. The first-order valence-corrected chi connectivity index (χ1v) is 10.5. The minimum absolute atomic E-state index is 0.306. The topological polar surface area (TPSA) is 74.6 Å². The van der Waals surface area contributed by atoms with Gasteiger partial charge in [-0.25, -0.2) is 0 Å². The summed E-state index contributed by atoms with van der Waals surface area (Å²) in [4.78, 5) is 20.4. The van der Waals surface area contributed by atoms with Crippen LogP contribution in [0.25, 0.3) is 0 Å². The van der Waals surface area contributed by atoms with Gasteiger partial charge in [0.2, 0.25) is 0 Å². The molecule has 2 atom stereocenters. The number of allylic oxidation sites excluding steroid dienone is 6. The Bertz CT molecular complexity index is 505. The lowest BCUT2D eigenvalue weighted by atomic mass is 10.0. The van der Waals surface area contributed by atoms with Gasteiger partial charge >= 0.3 is 11.9 Å². The number of rotatable bonds is 12. The maximum Gasteiger partial charge on any atom is 0.303 e. The van der Waals surface area contributed by atoms with Gasteiger partial charge in [-0.2, -0.15) is 0 Å². The summed E-state index contributed by atoms with van der Waals surface area (Å²) < 4.78 is 0. The molecule has 4 nitrogen and oxygen atoms in total. The molecule has 0 spiro atoms. The van der Waals surface area contributed by atoms with Crippen molar-refractivity contribution in [2.24, 2.45) is 11.8 Å². The molecule has 0 heterocycles. The third-order valence-corrected chi connectivity index (χ3v) is 5.07. The summed E-state index contributed by atoms with van der Waals surface area (Å²) in [7, 11) is 0. The first kappa shape index (κ1) is 23.2. The van der Waals surface area contributed by atoms with Crippen molar-refractivity contribution in [3.05, 3.63) is 36.5 Å². The van der Waals surface area contributed by atoms with Crippen LogP contribution in [-0.2, 0) is 9.59 Å². The Kier molecular flexibility index (Phi) is 13.1. The molecule has 2 aliphatic carbocycles. The molecule has 0 fully saturated rings. The number of hydrogen-bond donors (Lipinski definition) is 2. The van der Waals surface area contributed by atoms with E-state index >= 15 is 0 Å². The predicted octanol–water partition coefficient (Wildman–Crippen LogP) is 6.14. The molecular weight excluding hydrogens is 340 g/mol. The summed E-state index contributed by atoms with van der Waals surface area (Å²) in [6.45, 7) is 0. The lowest BCUT2D eigenvalue weighted by molar-refractivity contribution is -0.138. The van der Waals surface area contributed by atoms with Crippen LogP contribution in [0.3, 0.4) is 0 Å². The number of carboxylic acids is 2. The summed E-state index contributed by atoms with van der Waals surface area (Å²) in [5.41, 5.74) is 0. The standard InChI is InChI=1S/C14H22O2.C9H14O2/c15-14(16)12-6-4-2-1-3-5-9-13-10-7-8-11-13;10-9(11)7-3-6-8-4-1-2-5-8/h1,3,7,10,13H,2,4-6,8-9,11-12H2,(H,15,16);1,4,8H,2-3,5-7H2,(H,10,11)/b3-1+;/t13-;8-/m00/s1. The fourth-order valence-electron chi connectivity index (χ4n) is 3.47. The van der Waals surface area contributed by atoms with Gasteiger partial charge in [0.05, 0.1) is 0 Å². The average Bonchev–Trinajstić information content (AvgIpc) is 3.31. The van der Waals surface area contributed by atoms with Crippen LogP contribution in [0.1, 0.15) is 83.5 Å². The highest BCUT2D eigenvalue weighted by atomic mass is 16.4. The Morgan fingerprint density at radius 3 is 1.89 bits per heavy atom. The smallest absolute Gasteiger partial charge is 0.303 e. The SMILES string of the molecule is O=C(O)CCCC/C=C/CC[C@H]1C=CCC1.O=C(O)CCC[C@H]1C=CCC1. The molecule has 4 heteroatoms. The summed E-state index contributed by atoms with van der Waals surface area (Å²) in [6.07, 6.45) is 26.2. The van der Waals surface area contributed by atoms with Crippen LogP contribution >= 0.6 is 0 Å². The molecule has 0 unspecified atom stereocenters. The first-order valence-electron chi connectivity index (χ1n) is 10.5. The van der Waals surface area contributed by atoms with Gasteiger partial charge in [-0.1, -0.05) is 36.5 Å². The molecule has 2 rings (SSSR count). The van der Waals surface area contributed by atoms with Crippen molar-refractivity contribution in [1.29, 1.82) is 0 Å². The van der Waals surface area contributed by atoms with E-state index in [0.717, 1.165) is 44.4 Å². The van der Waals surface area contributed by atoms with Gasteiger partial charge in [0.1, 0.15) is 0 Å². The van der Waals surface area contributed by atoms with Crippen LogP contribution in [0.4, 0.5) is 0 Å². The lowest BCUT2D eigenvalue weighted by Gasteiger charge is -2.04. The van der Waals surface area contributed by atoms with E-state index in [2.05, 4.69) is 36.5 Å². The predicted molar refractivity (Wildman–Crippen MR) is 110 cm³/mol. The molecular formula is C23H36O4. The van der Waals surface area contributed by atoms with E-state index in [9.17, 15) is 9.59 Å². The second kappa shape index (κ2) is 15.2. The number of aliphatic carboxylic acids is 2. The molecule has 2 aliphatic rings. The second-order valence-electron chi connectivity index (χ2n) is 7.51. The van der Waals surface area contributed by atoms with Gasteiger partial charge in [0.15, 0.2) is 0 Å². The molecule has 27 heavy (non-hydrogen) atoms. The fourth-order valence-corrected chi connectivity index (χ4v) is 3.47. The molecule has 0 amide bonds. The second-order valence-corrected chi connectivity index (χ2v) is 7.51. The Hall–Kier alpha value is -1.84. The largest absolute Gasteiger partial charge is 0.481 e. The van der Waals surface area contributed by atoms with Crippen molar-refractivity contribution >= 4 is 11.9 Å². The molecule has 0 aromatic rings. The summed E-state index contributed by atoms with van der Waals surface area (Å²) in [5, 5.41) is 16.8. The normalized spacial score (nSPS) is 20.7. The molecule has 0 saturated heterocycles. The number of hydrogen-bond acceptors (Lipinski definition) is 2. The van der Waals surface area contributed by atoms with E-state index < -0.39 is 11.9 Å². The molecule has 0 radical (unpaired) electrons. The van der Waals surface area contributed by atoms with Crippen LogP contribution in [0.5, 0.6) is 0 Å². The van der Waals surface area contributed by atoms with Gasteiger partial charge in [-0.15, -0.1) is 0 Å². The molecule has 2 N–H and O–H groups in total. The van der Waals surface area contributed by atoms with Crippen LogP contribution < -0.4 is 0 Å². The van der Waals surface area contributed by atoms with Crippen LogP contribution in [0, 0.1) is 11.8 Å². The van der Waals surface area contributed by atoms with E-state index in [-0.39, 0.29) is 0 Å². The van der Waals surface area contributed by atoms with Crippen molar-refractivity contribution in [2.45, 2.75) is 83.5 Å². The molecule has 0 saturated carbocycles. The van der Waals surface area contributed by atoms with Gasteiger partial charge in [-0.05, 0) is 82.5 Å².